The van der Waals surface area contributed by atoms with E-state index in [4.69, 9.17) is 0 Å². The topological polar surface area (TPSA) is 17.3 Å². The summed E-state index contributed by atoms with van der Waals surface area (Å²) in [6.07, 6.45) is 1.96. The summed E-state index contributed by atoms with van der Waals surface area (Å²) in [4.78, 5) is 4.63. The Hall–Kier alpha value is -2.61. The Balaban J connectivity index is 1.98. The Morgan fingerprint density at radius 3 is 2.22 bits per heavy atom. The SMILES string of the molecule is Cc1cccc(N=Cc2cc(C)n(-c3cccc(C)c3)c2C)c1. The van der Waals surface area contributed by atoms with E-state index in [0.717, 1.165) is 11.3 Å². The van der Waals surface area contributed by atoms with Gasteiger partial charge in [-0.2, -0.15) is 0 Å². The van der Waals surface area contributed by atoms with Crippen LogP contribution in [-0.2, 0) is 0 Å². The van der Waals surface area contributed by atoms with Crippen LogP contribution in [0.15, 0.2) is 59.6 Å². The van der Waals surface area contributed by atoms with Gasteiger partial charge in [0, 0.05) is 28.9 Å². The van der Waals surface area contributed by atoms with Crippen LogP contribution in [0.3, 0.4) is 0 Å². The minimum atomic E-state index is 0.991. The van der Waals surface area contributed by atoms with Crippen molar-refractivity contribution in [1.82, 2.24) is 4.57 Å². The Kier molecular flexibility index (Phi) is 4.16. The Morgan fingerprint density at radius 2 is 1.52 bits per heavy atom. The van der Waals surface area contributed by atoms with E-state index in [9.17, 15) is 0 Å². The number of hydrogen-bond donors (Lipinski definition) is 0. The molecule has 0 saturated carbocycles. The second-order valence-corrected chi connectivity index (χ2v) is 6.10. The van der Waals surface area contributed by atoms with E-state index in [1.165, 1.54) is 28.2 Å². The van der Waals surface area contributed by atoms with Crippen LogP contribution in [0.2, 0.25) is 0 Å². The van der Waals surface area contributed by atoms with E-state index in [1.54, 1.807) is 0 Å². The fraction of sp³-hybridized carbons (Fsp3) is 0.190. The van der Waals surface area contributed by atoms with Crippen molar-refractivity contribution in [3.05, 3.63) is 82.7 Å². The molecule has 0 atom stereocenters. The highest BCUT2D eigenvalue weighted by atomic mass is 15.0. The zero-order chi connectivity index (χ0) is 16.4. The predicted molar refractivity (Wildman–Crippen MR) is 98.4 cm³/mol. The molecule has 0 saturated heterocycles. The Bertz CT molecular complexity index is 869. The van der Waals surface area contributed by atoms with E-state index in [1.807, 2.05) is 18.3 Å². The fourth-order valence-electron chi connectivity index (χ4n) is 2.94. The van der Waals surface area contributed by atoms with Gasteiger partial charge in [0.1, 0.15) is 0 Å². The van der Waals surface area contributed by atoms with Crippen LogP contribution >= 0.6 is 0 Å². The number of rotatable bonds is 3. The van der Waals surface area contributed by atoms with Crippen LogP contribution in [0.4, 0.5) is 5.69 Å². The molecule has 0 aliphatic heterocycles. The first-order chi connectivity index (χ1) is 11.0. The molecule has 2 nitrogen and oxygen atoms in total. The molecule has 0 aliphatic rings. The first kappa shape index (κ1) is 15.3. The fourth-order valence-corrected chi connectivity index (χ4v) is 2.94. The van der Waals surface area contributed by atoms with Crippen molar-refractivity contribution in [2.45, 2.75) is 27.7 Å². The number of aryl methyl sites for hydroxylation is 3. The second kappa shape index (κ2) is 6.25. The summed E-state index contributed by atoms with van der Waals surface area (Å²) in [5, 5.41) is 0. The molecule has 0 unspecified atom stereocenters. The third-order valence-corrected chi connectivity index (χ3v) is 4.08. The zero-order valence-electron chi connectivity index (χ0n) is 14.2. The van der Waals surface area contributed by atoms with E-state index < -0.39 is 0 Å². The number of benzene rings is 2. The Morgan fingerprint density at radius 1 is 0.826 bits per heavy atom. The average molecular weight is 302 g/mol. The molecule has 0 fully saturated rings. The molecule has 0 amide bonds. The zero-order valence-corrected chi connectivity index (χ0v) is 14.2. The molecule has 2 aromatic carbocycles. The molecule has 23 heavy (non-hydrogen) atoms. The van der Waals surface area contributed by atoms with Crippen molar-refractivity contribution >= 4 is 11.9 Å². The third-order valence-electron chi connectivity index (χ3n) is 4.08. The molecule has 0 spiro atoms. The second-order valence-electron chi connectivity index (χ2n) is 6.10. The first-order valence-electron chi connectivity index (χ1n) is 7.91. The van der Waals surface area contributed by atoms with E-state index in [-0.39, 0.29) is 0 Å². The van der Waals surface area contributed by atoms with Gasteiger partial charge in [-0.1, -0.05) is 24.3 Å². The van der Waals surface area contributed by atoms with Crippen LogP contribution in [0.25, 0.3) is 5.69 Å². The van der Waals surface area contributed by atoms with Crippen LogP contribution in [0.1, 0.15) is 28.1 Å². The normalized spacial score (nSPS) is 11.3. The highest BCUT2D eigenvalue weighted by Crippen LogP contribution is 2.21. The molecular formula is C21H22N2. The lowest BCUT2D eigenvalue weighted by Crippen LogP contribution is -1.99. The van der Waals surface area contributed by atoms with E-state index in [0.29, 0.717) is 0 Å². The van der Waals surface area contributed by atoms with E-state index in [2.05, 4.69) is 79.7 Å². The van der Waals surface area contributed by atoms with Gasteiger partial charge in [0.25, 0.3) is 0 Å². The number of hydrogen-bond acceptors (Lipinski definition) is 1. The van der Waals surface area contributed by atoms with Crippen molar-refractivity contribution < 1.29 is 0 Å². The molecule has 2 heteroatoms. The molecule has 1 aromatic heterocycles. The maximum atomic E-state index is 4.63. The van der Waals surface area contributed by atoms with Crippen molar-refractivity contribution in [3.8, 4) is 5.69 Å². The van der Waals surface area contributed by atoms with Crippen molar-refractivity contribution in [3.63, 3.8) is 0 Å². The summed E-state index contributed by atoms with van der Waals surface area (Å²) in [6, 6.07) is 19.0. The van der Waals surface area contributed by atoms with Gasteiger partial charge in [-0.15, -0.1) is 0 Å². The molecule has 0 radical (unpaired) electrons. The molecule has 0 aliphatic carbocycles. The van der Waals surface area contributed by atoms with Crippen molar-refractivity contribution in [2.24, 2.45) is 4.99 Å². The van der Waals surface area contributed by atoms with Crippen LogP contribution in [0, 0.1) is 27.7 Å². The van der Waals surface area contributed by atoms with Gasteiger partial charge in [0.2, 0.25) is 0 Å². The molecule has 0 bridgehead atoms. The lowest BCUT2D eigenvalue weighted by atomic mass is 10.2. The van der Waals surface area contributed by atoms with Crippen LogP contribution in [0.5, 0.6) is 0 Å². The molecule has 0 N–H and O–H groups in total. The number of nitrogens with zero attached hydrogens (tertiary/aromatic N) is 2. The molecular weight excluding hydrogens is 280 g/mol. The Labute approximate surface area is 138 Å². The third kappa shape index (κ3) is 3.26. The number of aromatic nitrogens is 1. The monoisotopic (exact) mass is 302 g/mol. The first-order valence-corrected chi connectivity index (χ1v) is 7.91. The summed E-state index contributed by atoms with van der Waals surface area (Å²) in [5.74, 6) is 0. The molecule has 3 aromatic rings. The van der Waals surface area contributed by atoms with Crippen molar-refractivity contribution in [1.29, 1.82) is 0 Å². The smallest absolute Gasteiger partial charge is 0.0632 e. The van der Waals surface area contributed by atoms with Crippen molar-refractivity contribution in [2.75, 3.05) is 0 Å². The van der Waals surface area contributed by atoms with Gasteiger partial charge in [-0.25, -0.2) is 0 Å². The molecule has 1 heterocycles. The van der Waals surface area contributed by atoms with Crippen LogP contribution < -0.4 is 0 Å². The lowest BCUT2D eigenvalue weighted by molar-refractivity contribution is 0.963. The maximum absolute atomic E-state index is 4.63. The van der Waals surface area contributed by atoms with Gasteiger partial charge in [-0.3, -0.25) is 4.99 Å². The highest BCUT2D eigenvalue weighted by Gasteiger charge is 2.09. The molecule has 3 rings (SSSR count). The summed E-state index contributed by atoms with van der Waals surface area (Å²) in [5.41, 5.74) is 8.28. The standard InChI is InChI=1S/C21H22N2/c1-15-7-5-9-20(11-15)22-14-19-13-17(3)23(18(19)4)21-10-6-8-16(2)12-21/h5-14H,1-4H3. The summed E-state index contributed by atoms with van der Waals surface area (Å²) in [6.45, 7) is 8.49. The lowest BCUT2D eigenvalue weighted by Gasteiger charge is -2.10. The maximum Gasteiger partial charge on any atom is 0.0632 e. The largest absolute Gasteiger partial charge is 0.318 e. The molecule has 116 valence electrons. The summed E-state index contributed by atoms with van der Waals surface area (Å²) < 4.78 is 2.28. The number of aliphatic imine (C=N–C) groups is 1. The van der Waals surface area contributed by atoms with Gasteiger partial charge < -0.3 is 4.57 Å². The van der Waals surface area contributed by atoms with Gasteiger partial charge in [0.15, 0.2) is 0 Å². The summed E-state index contributed by atoms with van der Waals surface area (Å²) >= 11 is 0. The minimum Gasteiger partial charge on any atom is -0.318 e. The van der Waals surface area contributed by atoms with Gasteiger partial charge >= 0.3 is 0 Å². The quantitative estimate of drug-likeness (QED) is 0.571. The summed E-state index contributed by atoms with van der Waals surface area (Å²) in [7, 11) is 0. The average Bonchev–Trinajstić information content (AvgIpc) is 2.79. The van der Waals surface area contributed by atoms with Gasteiger partial charge in [0.05, 0.1) is 5.69 Å². The predicted octanol–water partition coefficient (Wildman–Crippen LogP) is 5.46. The minimum absolute atomic E-state index is 0.991. The van der Waals surface area contributed by atoms with E-state index >= 15 is 0 Å². The van der Waals surface area contributed by atoms with Crippen LogP contribution in [-0.4, -0.2) is 10.8 Å². The van der Waals surface area contributed by atoms with Gasteiger partial charge in [-0.05, 0) is 69.2 Å². The highest BCUT2D eigenvalue weighted by molar-refractivity contribution is 5.84.